The molecule has 1 saturated heterocycles. The quantitative estimate of drug-likeness (QED) is 0.548. The highest BCUT2D eigenvalue weighted by atomic mass is 16.5. The second kappa shape index (κ2) is 9.39. The maximum absolute atomic E-state index is 11.9. The van der Waals surface area contributed by atoms with Gasteiger partial charge >= 0.3 is 0 Å². The van der Waals surface area contributed by atoms with Crippen molar-refractivity contribution in [3.8, 4) is 11.1 Å². The largest absolute Gasteiger partial charge is 0.378 e. The third kappa shape index (κ3) is 4.76. The average molecular weight is 403 g/mol. The molecule has 0 atom stereocenters. The van der Waals surface area contributed by atoms with Gasteiger partial charge in [-0.3, -0.25) is 4.79 Å². The topological polar surface area (TPSA) is 92.5 Å². The number of nitrogens with one attached hydrogen (secondary N) is 2. The zero-order valence-electron chi connectivity index (χ0n) is 16.7. The summed E-state index contributed by atoms with van der Waals surface area (Å²) in [5.41, 5.74) is 10.1. The van der Waals surface area contributed by atoms with Gasteiger partial charge in [0.05, 0.1) is 19.9 Å². The molecule has 2 aromatic carbocycles. The molecule has 30 heavy (non-hydrogen) atoms. The van der Waals surface area contributed by atoms with E-state index in [-0.39, 0.29) is 12.6 Å². The lowest BCUT2D eigenvalue weighted by atomic mass is 10.0. The predicted octanol–water partition coefficient (Wildman–Crippen LogP) is 2.97. The summed E-state index contributed by atoms with van der Waals surface area (Å²) >= 11 is 0. The highest BCUT2D eigenvalue weighted by Gasteiger charge is 2.11. The number of pyridine rings is 1. The van der Waals surface area contributed by atoms with Gasteiger partial charge in [-0.15, -0.1) is 0 Å². The van der Waals surface area contributed by atoms with E-state index in [0.717, 1.165) is 48.9 Å². The standard InChI is InChI=1S/C23H25N5O2/c24-16-26-23(29)18-3-1-17(2-4-18)19-9-10-25-22(15-19)27-20-5-7-21(8-6-20)28-11-13-30-14-12-28/h1-10,15H,11-14,16,24H2,(H,25,27)(H,26,29). The summed E-state index contributed by atoms with van der Waals surface area (Å²) in [6.45, 7) is 3.50. The number of carbonyl (C=O) groups excluding carboxylic acids is 1. The van der Waals surface area contributed by atoms with E-state index in [1.807, 2.05) is 24.3 Å². The van der Waals surface area contributed by atoms with Gasteiger partial charge in [0.25, 0.3) is 5.91 Å². The van der Waals surface area contributed by atoms with Crippen molar-refractivity contribution in [1.82, 2.24) is 10.3 Å². The van der Waals surface area contributed by atoms with Crippen molar-refractivity contribution >= 4 is 23.1 Å². The first-order valence-electron chi connectivity index (χ1n) is 9.97. The SMILES string of the molecule is NCNC(=O)c1ccc(-c2ccnc(Nc3ccc(N4CCOCC4)cc3)c2)cc1. The van der Waals surface area contributed by atoms with Crippen molar-refractivity contribution < 1.29 is 9.53 Å². The van der Waals surface area contributed by atoms with Crippen LogP contribution in [0, 0.1) is 0 Å². The predicted molar refractivity (Wildman–Crippen MR) is 119 cm³/mol. The van der Waals surface area contributed by atoms with Crippen molar-refractivity contribution in [2.24, 2.45) is 5.73 Å². The fourth-order valence-corrected chi connectivity index (χ4v) is 3.41. The van der Waals surface area contributed by atoms with Gasteiger partial charge in [-0.1, -0.05) is 12.1 Å². The fraction of sp³-hybridized carbons (Fsp3) is 0.217. The number of carbonyl (C=O) groups is 1. The molecule has 0 unspecified atom stereocenters. The maximum atomic E-state index is 11.9. The zero-order valence-corrected chi connectivity index (χ0v) is 16.7. The number of aromatic nitrogens is 1. The van der Waals surface area contributed by atoms with Crippen molar-refractivity contribution in [3.63, 3.8) is 0 Å². The highest BCUT2D eigenvalue weighted by Crippen LogP contribution is 2.25. The Bertz CT molecular complexity index is 983. The van der Waals surface area contributed by atoms with E-state index in [1.54, 1.807) is 18.3 Å². The van der Waals surface area contributed by atoms with Crippen LogP contribution in [0.2, 0.25) is 0 Å². The number of rotatable bonds is 6. The Morgan fingerprint density at radius 3 is 2.43 bits per heavy atom. The average Bonchev–Trinajstić information content (AvgIpc) is 2.81. The van der Waals surface area contributed by atoms with Crippen molar-refractivity contribution in [2.45, 2.75) is 0 Å². The summed E-state index contributed by atoms with van der Waals surface area (Å²) in [5.74, 6) is 0.582. The molecule has 1 fully saturated rings. The Kier molecular flexibility index (Phi) is 6.22. The van der Waals surface area contributed by atoms with Gasteiger partial charge in [-0.05, 0) is 59.7 Å². The van der Waals surface area contributed by atoms with E-state index in [1.165, 1.54) is 5.69 Å². The molecule has 1 aliphatic heterocycles. The molecule has 7 nitrogen and oxygen atoms in total. The number of anilines is 3. The van der Waals surface area contributed by atoms with Crippen LogP contribution < -0.4 is 21.3 Å². The maximum Gasteiger partial charge on any atom is 0.252 e. The smallest absolute Gasteiger partial charge is 0.252 e. The summed E-state index contributed by atoms with van der Waals surface area (Å²) in [5, 5.41) is 5.95. The molecule has 154 valence electrons. The molecule has 2 heterocycles. The Morgan fingerprint density at radius 1 is 1.00 bits per heavy atom. The van der Waals surface area contributed by atoms with Gasteiger partial charge in [-0.2, -0.15) is 0 Å². The second-order valence-electron chi connectivity index (χ2n) is 6.99. The molecule has 4 rings (SSSR count). The summed E-state index contributed by atoms with van der Waals surface area (Å²) in [4.78, 5) is 18.6. The first-order valence-corrected chi connectivity index (χ1v) is 9.97. The molecule has 4 N–H and O–H groups in total. The van der Waals surface area contributed by atoms with Crippen molar-refractivity contribution in [3.05, 3.63) is 72.4 Å². The van der Waals surface area contributed by atoms with Crippen LogP contribution in [0.3, 0.4) is 0 Å². The van der Waals surface area contributed by atoms with Crippen molar-refractivity contribution in [1.29, 1.82) is 0 Å². The van der Waals surface area contributed by atoms with Gasteiger partial charge in [0.2, 0.25) is 0 Å². The number of morpholine rings is 1. The van der Waals surface area contributed by atoms with Crippen LogP contribution in [0.5, 0.6) is 0 Å². The van der Waals surface area contributed by atoms with E-state index >= 15 is 0 Å². The lowest BCUT2D eigenvalue weighted by Gasteiger charge is -2.28. The molecular formula is C23H25N5O2. The summed E-state index contributed by atoms with van der Waals surface area (Å²) in [6, 6.07) is 19.7. The van der Waals surface area contributed by atoms with E-state index in [9.17, 15) is 4.79 Å². The van der Waals surface area contributed by atoms with E-state index in [4.69, 9.17) is 10.5 Å². The zero-order chi connectivity index (χ0) is 20.8. The van der Waals surface area contributed by atoms with Gasteiger partial charge in [0.1, 0.15) is 5.82 Å². The number of nitrogens with zero attached hydrogens (tertiary/aromatic N) is 2. The Labute approximate surface area is 175 Å². The molecule has 3 aromatic rings. The molecule has 0 bridgehead atoms. The van der Waals surface area contributed by atoms with E-state index < -0.39 is 0 Å². The first kappa shape index (κ1) is 19.9. The lowest BCUT2D eigenvalue weighted by Crippen LogP contribution is -2.36. The number of benzene rings is 2. The summed E-state index contributed by atoms with van der Waals surface area (Å²) < 4.78 is 5.41. The molecule has 0 radical (unpaired) electrons. The Morgan fingerprint density at radius 2 is 1.73 bits per heavy atom. The highest BCUT2D eigenvalue weighted by molar-refractivity contribution is 5.94. The van der Waals surface area contributed by atoms with Crippen LogP contribution in [0.15, 0.2) is 66.9 Å². The molecular weight excluding hydrogens is 378 g/mol. The van der Waals surface area contributed by atoms with Crippen LogP contribution in [0.25, 0.3) is 11.1 Å². The number of ether oxygens (including phenoxy) is 1. The lowest BCUT2D eigenvalue weighted by molar-refractivity contribution is 0.0955. The van der Waals surface area contributed by atoms with Gasteiger partial charge < -0.3 is 26.0 Å². The third-order valence-corrected chi connectivity index (χ3v) is 5.02. The van der Waals surface area contributed by atoms with Crippen LogP contribution in [-0.4, -0.2) is 43.9 Å². The van der Waals surface area contributed by atoms with Gasteiger partial charge in [0.15, 0.2) is 0 Å². The van der Waals surface area contributed by atoms with E-state index in [0.29, 0.717) is 5.56 Å². The third-order valence-electron chi connectivity index (χ3n) is 5.02. The fourth-order valence-electron chi connectivity index (χ4n) is 3.41. The minimum absolute atomic E-state index is 0.118. The minimum atomic E-state index is -0.179. The Balaban J connectivity index is 1.45. The van der Waals surface area contributed by atoms with E-state index in [2.05, 4.69) is 44.8 Å². The molecule has 0 saturated carbocycles. The molecule has 1 aliphatic rings. The molecule has 1 amide bonds. The first-order chi connectivity index (χ1) is 14.7. The monoisotopic (exact) mass is 403 g/mol. The second-order valence-corrected chi connectivity index (χ2v) is 6.99. The van der Waals surface area contributed by atoms with Crippen LogP contribution in [0.4, 0.5) is 17.2 Å². The van der Waals surface area contributed by atoms with Crippen LogP contribution >= 0.6 is 0 Å². The van der Waals surface area contributed by atoms with Crippen molar-refractivity contribution in [2.75, 3.05) is 43.2 Å². The Hall–Kier alpha value is -3.42. The molecule has 7 heteroatoms. The van der Waals surface area contributed by atoms with Gasteiger partial charge in [0, 0.05) is 36.2 Å². The van der Waals surface area contributed by atoms with Crippen LogP contribution in [-0.2, 0) is 4.74 Å². The minimum Gasteiger partial charge on any atom is -0.378 e. The molecule has 0 aliphatic carbocycles. The normalized spacial score (nSPS) is 13.7. The summed E-state index contributed by atoms with van der Waals surface area (Å²) in [6.07, 6.45) is 1.77. The van der Waals surface area contributed by atoms with Crippen LogP contribution in [0.1, 0.15) is 10.4 Å². The number of amides is 1. The number of hydrogen-bond acceptors (Lipinski definition) is 6. The molecule has 1 aromatic heterocycles. The summed E-state index contributed by atoms with van der Waals surface area (Å²) in [7, 11) is 0. The number of hydrogen-bond donors (Lipinski definition) is 3. The number of nitrogens with two attached hydrogens (primary N) is 1. The molecule has 0 spiro atoms. The van der Waals surface area contributed by atoms with Gasteiger partial charge in [-0.25, -0.2) is 4.98 Å².